The van der Waals surface area contributed by atoms with Crippen molar-refractivity contribution in [2.24, 2.45) is 5.73 Å². The molecule has 0 radical (unpaired) electrons. The fourth-order valence-corrected chi connectivity index (χ4v) is 1.44. The average Bonchev–Trinajstić information content (AvgIpc) is 2.40. The Hall–Kier alpha value is -2.69. The number of aldehydes is 1. The number of carbonyl (C=O) groups is 2. The number of pyridine rings is 1. The quantitative estimate of drug-likeness (QED) is 0.828. The summed E-state index contributed by atoms with van der Waals surface area (Å²) in [7, 11) is 0. The van der Waals surface area contributed by atoms with Gasteiger partial charge in [-0.15, -0.1) is 0 Å². The number of hydrogen-bond acceptors (Lipinski definition) is 4. The van der Waals surface area contributed by atoms with Crippen LogP contribution in [0.2, 0.25) is 0 Å². The van der Waals surface area contributed by atoms with Gasteiger partial charge in [0.2, 0.25) is 5.88 Å². The monoisotopic (exact) mass is 242 g/mol. The molecule has 90 valence electrons. The minimum absolute atomic E-state index is 0.140. The van der Waals surface area contributed by atoms with Gasteiger partial charge in [-0.1, -0.05) is 12.1 Å². The highest BCUT2D eigenvalue weighted by Crippen LogP contribution is 2.25. The van der Waals surface area contributed by atoms with Crippen molar-refractivity contribution in [2.75, 3.05) is 0 Å². The molecule has 0 spiro atoms. The molecule has 0 atom stereocenters. The van der Waals surface area contributed by atoms with Crippen LogP contribution in [0.5, 0.6) is 11.6 Å². The third-order valence-electron chi connectivity index (χ3n) is 2.29. The summed E-state index contributed by atoms with van der Waals surface area (Å²) in [6, 6.07) is 9.70. The lowest BCUT2D eigenvalue weighted by atomic mass is 10.2. The number of para-hydroxylation sites is 1. The number of amides is 1. The molecule has 0 aliphatic heterocycles. The maximum Gasteiger partial charge on any atom is 0.252 e. The van der Waals surface area contributed by atoms with Gasteiger partial charge in [-0.2, -0.15) is 0 Å². The molecule has 0 aliphatic rings. The third kappa shape index (κ3) is 2.35. The molecule has 5 nitrogen and oxygen atoms in total. The van der Waals surface area contributed by atoms with Crippen LogP contribution < -0.4 is 10.5 Å². The molecule has 0 aliphatic carbocycles. The van der Waals surface area contributed by atoms with Gasteiger partial charge in [-0.25, -0.2) is 4.98 Å². The summed E-state index contributed by atoms with van der Waals surface area (Å²) in [4.78, 5) is 26.0. The third-order valence-corrected chi connectivity index (χ3v) is 2.29. The van der Waals surface area contributed by atoms with Gasteiger partial charge in [-0.3, -0.25) is 9.59 Å². The van der Waals surface area contributed by atoms with E-state index in [4.69, 9.17) is 10.5 Å². The largest absolute Gasteiger partial charge is 0.437 e. The van der Waals surface area contributed by atoms with Crippen molar-refractivity contribution in [3.8, 4) is 11.6 Å². The van der Waals surface area contributed by atoms with Gasteiger partial charge >= 0.3 is 0 Å². The van der Waals surface area contributed by atoms with Crippen molar-refractivity contribution in [3.63, 3.8) is 0 Å². The number of nitrogens with two attached hydrogens (primary N) is 1. The Morgan fingerprint density at radius 1 is 1.22 bits per heavy atom. The van der Waals surface area contributed by atoms with Crippen LogP contribution in [0.3, 0.4) is 0 Å². The second-order valence-electron chi connectivity index (χ2n) is 3.48. The van der Waals surface area contributed by atoms with Gasteiger partial charge in [0.1, 0.15) is 5.75 Å². The van der Waals surface area contributed by atoms with Crippen molar-refractivity contribution < 1.29 is 14.3 Å². The first kappa shape index (κ1) is 11.8. The summed E-state index contributed by atoms with van der Waals surface area (Å²) < 4.78 is 5.45. The molecule has 0 saturated carbocycles. The molecule has 0 bridgehead atoms. The Morgan fingerprint density at radius 2 is 2.00 bits per heavy atom. The lowest BCUT2D eigenvalue weighted by molar-refractivity contribution is 0.0998. The maximum absolute atomic E-state index is 11.2. The van der Waals surface area contributed by atoms with Crippen molar-refractivity contribution in [2.45, 2.75) is 0 Å². The Kier molecular flexibility index (Phi) is 3.33. The molecule has 1 aromatic heterocycles. The number of ether oxygens (including phenoxy) is 1. The number of rotatable bonds is 4. The highest BCUT2D eigenvalue weighted by atomic mass is 16.5. The smallest absolute Gasteiger partial charge is 0.252 e. The summed E-state index contributed by atoms with van der Waals surface area (Å²) in [5.41, 5.74) is 5.77. The molecule has 2 aromatic rings. The zero-order valence-electron chi connectivity index (χ0n) is 9.37. The zero-order valence-corrected chi connectivity index (χ0v) is 9.37. The standard InChI is InChI=1S/C13H10N2O3/c14-12(17)10-5-1-2-6-11(10)18-13-9(8-16)4-3-7-15-13/h1-8H,(H2,14,17). The Bertz CT molecular complexity index is 596. The molecular weight excluding hydrogens is 232 g/mol. The van der Waals surface area contributed by atoms with E-state index in [1.807, 2.05) is 0 Å². The number of primary amides is 1. The van der Waals surface area contributed by atoms with E-state index >= 15 is 0 Å². The molecule has 18 heavy (non-hydrogen) atoms. The topological polar surface area (TPSA) is 82.3 Å². The van der Waals surface area contributed by atoms with Gasteiger partial charge in [-0.05, 0) is 24.3 Å². The average molecular weight is 242 g/mol. The van der Waals surface area contributed by atoms with E-state index in [2.05, 4.69) is 4.98 Å². The van der Waals surface area contributed by atoms with E-state index in [0.717, 1.165) is 0 Å². The highest BCUT2D eigenvalue weighted by molar-refractivity contribution is 5.95. The summed E-state index contributed by atoms with van der Waals surface area (Å²) in [6.07, 6.45) is 2.13. The highest BCUT2D eigenvalue weighted by Gasteiger charge is 2.11. The number of benzene rings is 1. The van der Waals surface area contributed by atoms with Crippen LogP contribution in [0.25, 0.3) is 0 Å². The van der Waals surface area contributed by atoms with Gasteiger partial charge in [0, 0.05) is 6.20 Å². The van der Waals surface area contributed by atoms with Crippen molar-refractivity contribution >= 4 is 12.2 Å². The van der Waals surface area contributed by atoms with Crippen molar-refractivity contribution in [3.05, 3.63) is 53.7 Å². The molecule has 1 aromatic carbocycles. The molecule has 1 heterocycles. The second-order valence-corrected chi connectivity index (χ2v) is 3.48. The van der Waals surface area contributed by atoms with Crippen molar-refractivity contribution in [1.29, 1.82) is 0 Å². The first-order chi connectivity index (χ1) is 8.72. The Labute approximate surface area is 103 Å². The van der Waals surface area contributed by atoms with Crippen LogP contribution in [0.4, 0.5) is 0 Å². The van der Waals surface area contributed by atoms with Gasteiger partial charge in [0.25, 0.3) is 5.91 Å². The van der Waals surface area contributed by atoms with Gasteiger partial charge in [0.05, 0.1) is 11.1 Å². The second kappa shape index (κ2) is 5.09. The van der Waals surface area contributed by atoms with Crippen LogP contribution in [-0.4, -0.2) is 17.2 Å². The first-order valence-electron chi connectivity index (χ1n) is 5.19. The number of carbonyl (C=O) groups excluding carboxylic acids is 2. The van der Waals surface area contributed by atoms with Crippen LogP contribution in [-0.2, 0) is 0 Å². The van der Waals surface area contributed by atoms with Gasteiger partial charge in [0.15, 0.2) is 6.29 Å². The normalized spacial score (nSPS) is 9.78. The first-order valence-corrected chi connectivity index (χ1v) is 5.19. The van der Waals surface area contributed by atoms with Gasteiger partial charge < -0.3 is 10.5 Å². The lowest BCUT2D eigenvalue weighted by Gasteiger charge is -2.09. The van der Waals surface area contributed by atoms with Crippen molar-refractivity contribution in [1.82, 2.24) is 4.98 Å². The predicted molar refractivity (Wildman–Crippen MR) is 64.7 cm³/mol. The number of aromatic nitrogens is 1. The summed E-state index contributed by atoms with van der Waals surface area (Å²) in [5, 5.41) is 0. The summed E-state index contributed by atoms with van der Waals surface area (Å²) in [5.74, 6) is -0.192. The molecule has 1 amide bonds. The minimum Gasteiger partial charge on any atom is -0.437 e. The SMILES string of the molecule is NC(=O)c1ccccc1Oc1ncccc1C=O. The number of nitrogens with zero attached hydrogens (tertiary/aromatic N) is 1. The van der Waals surface area contributed by atoms with Crippen LogP contribution in [0.1, 0.15) is 20.7 Å². The fraction of sp³-hybridized carbons (Fsp3) is 0. The molecular formula is C13H10N2O3. The molecule has 5 heteroatoms. The maximum atomic E-state index is 11.2. The predicted octanol–water partition coefficient (Wildman–Crippen LogP) is 1.79. The summed E-state index contributed by atoms with van der Waals surface area (Å²) in [6.45, 7) is 0. The fourth-order valence-electron chi connectivity index (χ4n) is 1.44. The van der Waals surface area contributed by atoms with E-state index in [0.29, 0.717) is 11.8 Å². The number of hydrogen-bond donors (Lipinski definition) is 1. The van der Waals surface area contributed by atoms with E-state index < -0.39 is 5.91 Å². The molecule has 0 unspecified atom stereocenters. The Balaban J connectivity index is 2.40. The van der Waals surface area contributed by atoms with E-state index in [9.17, 15) is 9.59 Å². The molecule has 0 fully saturated rings. The summed E-state index contributed by atoms with van der Waals surface area (Å²) >= 11 is 0. The Morgan fingerprint density at radius 3 is 2.72 bits per heavy atom. The van der Waals surface area contributed by atoms with E-state index in [-0.39, 0.29) is 17.2 Å². The lowest BCUT2D eigenvalue weighted by Crippen LogP contribution is -2.12. The van der Waals surface area contributed by atoms with Crippen LogP contribution in [0.15, 0.2) is 42.6 Å². The van der Waals surface area contributed by atoms with E-state index in [1.54, 1.807) is 36.4 Å². The molecule has 0 saturated heterocycles. The zero-order chi connectivity index (χ0) is 13.0. The van der Waals surface area contributed by atoms with Crippen LogP contribution in [0, 0.1) is 0 Å². The van der Waals surface area contributed by atoms with E-state index in [1.165, 1.54) is 6.20 Å². The molecule has 2 N–H and O–H groups in total. The van der Waals surface area contributed by atoms with Crippen LogP contribution >= 0.6 is 0 Å². The molecule has 2 rings (SSSR count). The minimum atomic E-state index is -0.603.